The number of fused-ring (bicyclic) bond motifs is 1. The zero-order valence-electron chi connectivity index (χ0n) is 23.9. The average molecular weight is 589 g/mol. The Morgan fingerprint density at radius 1 is 1.05 bits per heavy atom. The molecule has 4 aromatic rings. The van der Waals surface area contributed by atoms with Crippen LogP contribution in [0.4, 0.5) is 19.0 Å². The van der Waals surface area contributed by atoms with Crippen LogP contribution in [0.5, 0.6) is 0 Å². The van der Waals surface area contributed by atoms with Crippen LogP contribution in [0.2, 0.25) is 0 Å². The Hall–Kier alpha value is -4.09. The first-order valence-electron chi connectivity index (χ1n) is 14.5. The molecule has 1 N–H and O–H groups in total. The minimum Gasteiger partial charge on any atom is -0.389 e. The lowest BCUT2D eigenvalue weighted by Crippen LogP contribution is -2.46. The molecule has 2 aromatic heterocycles. The summed E-state index contributed by atoms with van der Waals surface area (Å²) in [5.74, 6) is -1.68. The molecule has 2 aromatic carbocycles. The lowest BCUT2D eigenvalue weighted by Gasteiger charge is -2.39. The molecule has 0 saturated heterocycles. The van der Waals surface area contributed by atoms with E-state index in [1.54, 1.807) is 29.8 Å². The van der Waals surface area contributed by atoms with Crippen LogP contribution in [-0.4, -0.2) is 54.9 Å². The van der Waals surface area contributed by atoms with Crippen molar-refractivity contribution in [2.24, 2.45) is 7.05 Å². The Labute approximate surface area is 246 Å². The summed E-state index contributed by atoms with van der Waals surface area (Å²) in [6.45, 7) is 0.842. The minimum absolute atomic E-state index is 0.0154. The molecular formula is C32H31F3N6O2. The van der Waals surface area contributed by atoms with Crippen molar-refractivity contribution in [2.75, 3.05) is 18.5 Å². The summed E-state index contributed by atoms with van der Waals surface area (Å²) in [5, 5.41) is 18.5. The van der Waals surface area contributed by atoms with Gasteiger partial charge in [-0.1, -0.05) is 0 Å². The van der Waals surface area contributed by atoms with Crippen LogP contribution in [-0.2, 0) is 20.1 Å². The van der Waals surface area contributed by atoms with Crippen molar-refractivity contribution < 1.29 is 23.1 Å². The van der Waals surface area contributed by atoms with Gasteiger partial charge in [0.1, 0.15) is 29.6 Å². The van der Waals surface area contributed by atoms with Crippen molar-refractivity contribution in [1.29, 1.82) is 0 Å². The van der Waals surface area contributed by atoms with E-state index in [2.05, 4.69) is 10.2 Å². The quantitative estimate of drug-likeness (QED) is 0.299. The number of anilines is 1. The maximum atomic E-state index is 15.5. The van der Waals surface area contributed by atoms with Crippen molar-refractivity contribution in [3.8, 4) is 22.5 Å². The van der Waals surface area contributed by atoms with Gasteiger partial charge in [0.2, 0.25) is 0 Å². The molecule has 1 amide bonds. The number of pyridine rings is 1. The van der Waals surface area contributed by atoms with E-state index in [1.165, 1.54) is 23.4 Å². The molecule has 0 bridgehead atoms. The Bertz CT molecular complexity index is 1760. The van der Waals surface area contributed by atoms with E-state index in [9.17, 15) is 14.3 Å². The lowest BCUT2D eigenvalue weighted by atomic mass is 9.80. The number of aryl methyl sites for hydroxylation is 1. The molecule has 0 unspecified atom stereocenters. The lowest BCUT2D eigenvalue weighted by molar-refractivity contribution is -0.0556. The third-order valence-corrected chi connectivity index (χ3v) is 8.75. The molecule has 2 fully saturated rings. The summed E-state index contributed by atoms with van der Waals surface area (Å²) < 4.78 is 47.0. The Morgan fingerprint density at radius 3 is 2.51 bits per heavy atom. The molecule has 3 aliphatic rings. The van der Waals surface area contributed by atoms with Crippen LogP contribution in [0, 0.1) is 17.5 Å². The molecule has 0 atom stereocenters. The number of carbonyl (C=O) groups is 1. The monoisotopic (exact) mass is 588 g/mol. The van der Waals surface area contributed by atoms with Gasteiger partial charge in [-0.25, -0.2) is 18.2 Å². The highest BCUT2D eigenvalue weighted by atomic mass is 19.1. The van der Waals surface area contributed by atoms with Crippen molar-refractivity contribution in [3.05, 3.63) is 82.6 Å². The largest absolute Gasteiger partial charge is 0.389 e. The Kier molecular flexibility index (Phi) is 6.62. The van der Waals surface area contributed by atoms with Crippen LogP contribution < -0.4 is 4.90 Å². The average Bonchev–Trinajstić information content (AvgIpc) is 3.62. The second-order valence-electron chi connectivity index (χ2n) is 12.2. The molecule has 0 radical (unpaired) electrons. The van der Waals surface area contributed by atoms with Gasteiger partial charge in [0.05, 0.1) is 12.1 Å². The van der Waals surface area contributed by atoms with E-state index in [0.717, 1.165) is 38.2 Å². The first-order chi connectivity index (χ1) is 20.6. The minimum atomic E-state index is -0.778. The Balaban J connectivity index is 1.25. The van der Waals surface area contributed by atoms with Crippen LogP contribution in [0.25, 0.3) is 22.5 Å². The van der Waals surface area contributed by atoms with Gasteiger partial charge in [0.15, 0.2) is 5.82 Å². The number of aromatic nitrogens is 4. The van der Waals surface area contributed by atoms with Crippen molar-refractivity contribution in [1.82, 2.24) is 24.6 Å². The van der Waals surface area contributed by atoms with E-state index in [1.807, 2.05) is 11.9 Å². The third kappa shape index (κ3) is 5.10. The number of likely N-dealkylation sites (N-methyl/N-ethyl adjacent to an activating group) is 1. The predicted octanol–water partition coefficient (Wildman–Crippen LogP) is 5.35. The van der Waals surface area contributed by atoms with Crippen molar-refractivity contribution in [2.45, 2.75) is 56.7 Å². The van der Waals surface area contributed by atoms with Crippen LogP contribution in [0.1, 0.15) is 65.2 Å². The Morgan fingerprint density at radius 2 is 1.84 bits per heavy atom. The fourth-order valence-corrected chi connectivity index (χ4v) is 6.29. The molecule has 1 aliphatic heterocycles. The highest BCUT2D eigenvalue weighted by molar-refractivity contribution is 6.10. The molecule has 3 heterocycles. The highest BCUT2D eigenvalue weighted by Crippen LogP contribution is 2.44. The molecule has 11 heteroatoms. The number of nitrogens with zero attached hydrogens (tertiary/aromatic N) is 6. The van der Waals surface area contributed by atoms with Crippen LogP contribution in [0.3, 0.4) is 0 Å². The first-order valence-corrected chi connectivity index (χ1v) is 14.5. The van der Waals surface area contributed by atoms with E-state index in [-0.39, 0.29) is 46.4 Å². The maximum absolute atomic E-state index is 15.5. The van der Waals surface area contributed by atoms with Crippen molar-refractivity contribution in [3.63, 3.8) is 0 Å². The molecule has 8 nitrogen and oxygen atoms in total. The van der Waals surface area contributed by atoms with Gasteiger partial charge in [-0.3, -0.25) is 14.6 Å². The fourth-order valence-electron chi connectivity index (χ4n) is 6.29. The molecule has 43 heavy (non-hydrogen) atoms. The summed E-state index contributed by atoms with van der Waals surface area (Å²) in [6.07, 6.45) is 5.76. The third-order valence-electron chi connectivity index (χ3n) is 8.75. The molecule has 222 valence electrons. The summed E-state index contributed by atoms with van der Waals surface area (Å²) in [6, 6.07) is 8.55. The van der Waals surface area contributed by atoms with E-state index in [0.29, 0.717) is 29.9 Å². The van der Waals surface area contributed by atoms with Gasteiger partial charge in [0, 0.05) is 60.1 Å². The SMILES string of the molecule is CN(Cc1cc(F)c2c(c1)C(=O)N(c1cc(-c3c(F)cc(F)cc3-c3nncn3C)cc(C3CC3)n1)C2)CC1(O)CCC1. The van der Waals surface area contributed by atoms with Gasteiger partial charge < -0.3 is 9.67 Å². The summed E-state index contributed by atoms with van der Waals surface area (Å²) in [7, 11) is 3.56. The number of hydrogen-bond donors (Lipinski definition) is 1. The number of carbonyl (C=O) groups excluding carboxylic acids is 1. The van der Waals surface area contributed by atoms with Crippen LogP contribution in [0.15, 0.2) is 42.7 Å². The summed E-state index contributed by atoms with van der Waals surface area (Å²) in [5.41, 5.74) is 1.93. The predicted molar refractivity (Wildman–Crippen MR) is 154 cm³/mol. The van der Waals surface area contributed by atoms with E-state index < -0.39 is 29.0 Å². The molecule has 7 rings (SSSR count). The van der Waals surface area contributed by atoms with Gasteiger partial charge >= 0.3 is 0 Å². The van der Waals surface area contributed by atoms with E-state index >= 15 is 8.78 Å². The number of rotatable bonds is 8. The number of benzene rings is 2. The molecule has 0 spiro atoms. The molecular weight excluding hydrogens is 557 g/mol. The standard InChI is InChI=1S/C32H31F3N6O2/c1-39(16-32(43)6-3-7-32)14-18-8-22-24(25(34)9-18)15-41(31(22)42)28-11-20(10-27(37-28)19-4-5-19)29-23(12-21(33)13-26(29)35)30-38-36-17-40(30)2/h8-13,17,19,43H,3-7,14-16H2,1-2H3. The van der Waals surface area contributed by atoms with Gasteiger partial charge in [-0.2, -0.15) is 0 Å². The fraction of sp³-hybridized carbons (Fsp3) is 0.375. The normalized spacial score (nSPS) is 17.5. The zero-order valence-corrected chi connectivity index (χ0v) is 23.9. The van der Waals surface area contributed by atoms with Gasteiger partial charge in [-0.05, 0) is 80.6 Å². The van der Waals surface area contributed by atoms with Gasteiger partial charge in [-0.15, -0.1) is 10.2 Å². The highest BCUT2D eigenvalue weighted by Gasteiger charge is 2.37. The van der Waals surface area contributed by atoms with E-state index in [4.69, 9.17) is 4.98 Å². The van der Waals surface area contributed by atoms with Gasteiger partial charge in [0.25, 0.3) is 5.91 Å². The maximum Gasteiger partial charge on any atom is 0.260 e. The zero-order chi connectivity index (χ0) is 30.0. The second kappa shape index (κ2) is 10.3. The van der Waals surface area contributed by atoms with Crippen molar-refractivity contribution >= 4 is 11.7 Å². The molecule has 2 saturated carbocycles. The topological polar surface area (TPSA) is 87.4 Å². The number of aliphatic hydroxyl groups is 1. The summed E-state index contributed by atoms with van der Waals surface area (Å²) in [4.78, 5) is 21.9. The van der Waals surface area contributed by atoms with Crippen LogP contribution >= 0.6 is 0 Å². The second-order valence-corrected chi connectivity index (χ2v) is 12.2. The number of halogens is 3. The molecule has 2 aliphatic carbocycles. The number of hydrogen-bond acceptors (Lipinski definition) is 6. The smallest absolute Gasteiger partial charge is 0.260 e. The number of amides is 1. The first kappa shape index (κ1) is 27.7. The summed E-state index contributed by atoms with van der Waals surface area (Å²) >= 11 is 0.